The third-order valence-electron chi connectivity index (χ3n) is 4.79. The van der Waals surface area contributed by atoms with Crippen molar-refractivity contribution in [1.29, 1.82) is 0 Å². The molecular formula is C25H27ClN2O5S. The fourth-order valence-corrected chi connectivity index (χ4v) is 4.88. The van der Waals surface area contributed by atoms with E-state index in [0.29, 0.717) is 10.8 Å². The number of anilines is 1. The smallest absolute Gasteiger partial charge is 0.264 e. The van der Waals surface area contributed by atoms with Gasteiger partial charge in [0.2, 0.25) is 5.91 Å². The quantitative estimate of drug-likeness (QED) is 0.436. The van der Waals surface area contributed by atoms with Gasteiger partial charge in [-0.15, -0.1) is 0 Å². The van der Waals surface area contributed by atoms with Gasteiger partial charge in [-0.05, 0) is 61.9 Å². The first-order valence-electron chi connectivity index (χ1n) is 10.6. The standard InChI is InChI=1S/C25H27ClN2O5S/c1-18(2)33-21-9-7-8-19(14-21)16-27-25(29)17-28(23-15-20(26)12-13-24(23)32-3)34(30,31)22-10-5-4-6-11-22/h4-15,18H,16-17H2,1-3H3,(H,27,29). The predicted molar refractivity (Wildman–Crippen MR) is 133 cm³/mol. The van der Waals surface area contributed by atoms with Crippen molar-refractivity contribution in [1.82, 2.24) is 5.32 Å². The van der Waals surface area contributed by atoms with Gasteiger partial charge in [-0.2, -0.15) is 0 Å². The number of amides is 1. The normalized spacial score (nSPS) is 11.2. The third-order valence-corrected chi connectivity index (χ3v) is 6.80. The molecular weight excluding hydrogens is 476 g/mol. The van der Waals surface area contributed by atoms with Gasteiger partial charge < -0.3 is 14.8 Å². The summed E-state index contributed by atoms with van der Waals surface area (Å²) in [7, 11) is -2.66. The number of benzene rings is 3. The summed E-state index contributed by atoms with van der Waals surface area (Å²) < 4.78 is 39.0. The molecule has 0 saturated heterocycles. The topological polar surface area (TPSA) is 84.9 Å². The molecule has 3 aromatic rings. The Morgan fingerprint density at radius 3 is 2.44 bits per heavy atom. The van der Waals surface area contributed by atoms with Crippen LogP contribution in [0.5, 0.6) is 11.5 Å². The van der Waals surface area contributed by atoms with E-state index >= 15 is 0 Å². The van der Waals surface area contributed by atoms with Gasteiger partial charge in [0.1, 0.15) is 18.0 Å². The number of carbonyl (C=O) groups excluding carboxylic acids is 1. The largest absolute Gasteiger partial charge is 0.495 e. The van der Waals surface area contributed by atoms with Gasteiger partial charge in [0.05, 0.1) is 23.8 Å². The first kappa shape index (κ1) is 25.4. The fourth-order valence-electron chi connectivity index (χ4n) is 3.27. The fraction of sp³-hybridized carbons (Fsp3) is 0.240. The van der Waals surface area contributed by atoms with E-state index in [1.54, 1.807) is 30.3 Å². The van der Waals surface area contributed by atoms with Crippen LogP contribution in [0.2, 0.25) is 5.02 Å². The Balaban J connectivity index is 1.86. The zero-order valence-corrected chi connectivity index (χ0v) is 20.8. The summed E-state index contributed by atoms with van der Waals surface area (Å²) in [5, 5.41) is 3.09. The molecule has 0 aliphatic carbocycles. The van der Waals surface area contributed by atoms with Crippen LogP contribution in [0.3, 0.4) is 0 Å². The molecule has 1 N–H and O–H groups in total. The Morgan fingerprint density at radius 2 is 1.76 bits per heavy atom. The number of nitrogens with one attached hydrogen (secondary N) is 1. The second kappa shape index (κ2) is 11.3. The second-order valence-corrected chi connectivity index (χ2v) is 10.0. The summed E-state index contributed by atoms with van der Waals surface area (Å²) in [4.78, 5) is 12.9. The first-order valence-corrected chi connectivity index (χ1v) is 12.5. The highest BCUT2D eigenvalue weighted by atomic mass is 35.5. The molecule has 0 radical (unpaired) electrons. The molecule has 1 amide bonds. The molecule has 0 fully saturated rings. The Labute approximate surface area is 205 Å². The average molecular weight is 503 g/mol. The Bertz CT molecular complexity index is 1230. The van der Waals surface area contributed by atoms with E-state index in [1.165, 1.54) is 25.3 Å². The molecule has 3 aromatic carbocycles. The Kier molecular flexibility index (Phi) is 8.41. The Morgan fingerprint density at radius 1 is 1.03 bits per heavy atom. The maximum absolute atomic E-state index is 13.5. The molecule has 0 heterocycles. The summed E-state index contributed by atoms with van der Waals surface area (Å²) in [5.41, 5.74) is 0.991. The van der Waals surface area contributed by atoms with Crippen molar-refractivity contribution in [3.8, 4) is 11.5 Å². The van der Waals surface area contributed by atoms with Crippen molar-refractivity contribution >= 4 is 33.2 Å². The number of halogens is 1. The van der Waals surface area contributed by atoms with Crippen LogP contribution in [0.1, 0.15) is 19.4 Å². The first-order chi connectivity index (χ1) is 16.2. The minimum absolute atomic E-state index is 0.0225. The SMILES string of the molecule is COc1ccc(Cl)cc1N(CC(=O)NCc1cccc(OC(C)C)c1)S(=O)(=O)c1ccccc1. The van der Waals surface area contributed by atoms with E-state index < -0.39 is 22.5 Å². The second-order valence-electron chi connectivity index (χ2n) is 7.73. The van der Waals surface area contributed by atoms with Crippen molar-refractivity contribution in [2.45, 2.75) is 31.4 Å². The minimum atomic E-state index is -4.09. The molecule has 0 unspecified atom stereocenters. The number of carbonyl (C=O) groups is 1. The van der Waals surface area contributed by atoms with Gasteiger partial charge in [-0.3, -0.25) is 9.10 Å². The molecule has 0 aliphatic rings. The highest BCUT2D eigenvalue weighted by Crippen LogP contribution is 2.34. The Hall–Kier alpha value is -3.23. The van der Waals surface area contributed by atoms with Crippen LogP contribution in [0.15, 0.2) is 77.7 Å². The maximum atomic E-state index is 13.5. The molecule has 180 valence electrons. The lowest BCUT2D eigenvalue weighted by atomic mass is 10.2. The summed E-state index contributed by atoms with van der Waals surface area (Å²) in [6.07, 6.45) is 0.0225. The zero-order valence-electron chi connectivity index (χ0n) is 19.2. The van der Waals surface area contributed by atoms with Crippen LogP contribution in [-0.4, -0.2) is 34.1 Å². The number of methoxy groups -OCH3 is 1. The molecule has 0 aliphatic heterocycles. The van der Waals surface area contributed by atoms with Crippen molar-refractivity contribution < 1.29 is 22.7 Å². The van der Waals surface area contributed by atoms with Crippen LogP contribution < -0.4 is 19.1 Å². The average Bonchev–Trinajstić information content (AvgIpc) is 2.81. The van der Waals surface area contributed by atoms with Gasteiger partial charge in [-0.25, -0.2) is 8.42 Å². The van der Waals surface area contributed by atoms with Crippen molar-refractivity contribution in [2.24, 2.45) is 0 Å². The summed E-state index contributed by atoms with van der Waals surface area (Å²) in [6, 6.07) is 19.9. The minimum Gasteiger partial charge on any atom is -0.495 e. The van der Waals surface area contributed by atoms with Crippen molar-refractivity contribution in [2.75, 3.05) is 18.0 Å². The molecule has 7 nitrogen and oxygen atoms in total. The number of sulfonamides is 1. The maximum Gasteiger partial charge on any atom is 0.264 e. The van der Waals surface area contributed by atoms with Crippen LogP contribution in [0.4, 0.5) is 5.69 Å². The molecule has 3 rings (SSSR count). The summed E-state index contributed by atoms with van der Waals surface area (Å²) in [6.45, 7) is 3.61. The summed E-state index contributed by atoms with van der Waals surface area (Å²) in [5.74, 6) is 0.477. The molecule has 34 heavy (non-hydrogen) atoms. The van der Waals surface area contributed by atoms with E-state index in [1.807, 2.05) is 38.1 Å². The van der Waals surface area contributed by atoms with Crippen LogP contribution in [0.25, 0.3) is 0 Å². The molecule has 0 saturated carbocycles. The number of ether oxygens (including phenoxy) is 2. The van der Waals surface area contributed by atoms with Crippen LogP contribution >= 0.6 is 11.6 Å². The lowest BCUT2D eigenvalue weighted by molar-refractivity contribution is -0.119. The number of nitrogens with zero attached hydrogens (tertiary/aromatic N) is 1. The van der Waals surface area contributed by atoms with Gasteiger partial charge in [-0.1, -0.05) is 41.9 Å². The van der Waals surface area contributed by atoms with Crippen LogP contribution in [-0.2, 0) is 21.4 Å². The number of hydrogen-bond acceptors (Lipinski definition) is 5. The molecule has 0 spiro atoms. The van der Waals surface area contributed by atoms with Crippen molar-refractivity contribution in [3.05, 3.63) is 83.4 Å². The molecule has 0 atom stereocenters. The summed E-state index contributed by atoms with van der Waals surface area (Å²) >= 11 is 6.15. The highest BCUT2D eigenvalue weighted by molar-refractivity contribution is 7.92. The lowest BCUT2D eigenvalue weighted by Crippen LogP contribution is -2.40. The zero-order chi connectivity index (χ0) is 24.7. The van der Waals surface area contributed by atoms with Gasteiger partial charge in [0.15, 0.2) is 0 Å². The van der Waals surface area contributed by atoms with E-state index in [9.17, 15) is 13.2 Å². The lowest BCUT2D eigenvalue weighted by Gasteiger charge is -2.26. The van der Waals surface area contributed by atoms with E-state index in [0.717, 1.165) is 9.87 Å². The van der Waals surface area contributed by atoms with E-state index in [2.05, 4.69) is 5.32 Å². The van der Waals surface area contributed by atoms with Crippen LogP contribution in [0, 0.1) is 0 Å². The predicted octanol–water partition coefficient (Wildman–Crippen LogP) is 4.65. The van der Waals surface area contributed by atoms with Gasteiger partial charge in [0.25, 0.3) is 10.0 Å². The van der Waals surface area contributed by atoms with Gasteiger partial charge >= 0.3 is 0 Å². The molecule has 0 aromatic heterocycles. The third kappa shape index (κ3) is 6.42. The van der Waals surface area contributed by atoms with E-state index in [-0.39, 0.29) is 29.0 Å². The van der Waals surface area contributed by atoms with Crippen molar-refractivity contribution in [3.63, 3.8) is 0 Å². The van der Waals surface area contributed by atoms with E-state index in [4.69, 9.17) is 21.1 Å². The number of hydrogen-bond donors (Lipinski definition) is 1. The monoisotopic (exact) mass is 502 g/mol. The number of rotatable bonds is 10. The molecule has 9 heteroatoms. The van der Waals surface area contributed by atoms with Gasteiger partial charge in [0, 0.05) is 11.6 Å². The highest BCUT2D eigenvalue weighted by Gasteiger charge is 2.29. The molecule has 0 bridgehead atoms.